The third-order valence-corrected chi connectivity index (χ3v) is 8.02. The normalized spacial score (nSPS) is 16.4. The van der Waals surface area contributed by atoms with E-state index in [1.807, 2.05) is 36.4 Å². The molecule has 1 aliphatic carbocycles. The summed E-state index contributed by atoms with van der Waals surface area (Å²) in [6.07, 6.45) is 16.0. The van der Waals surface area contributed by atoms with Gasteiger partial charge in [0.25, 0.3) is 0 Å². The third-order valence-electron chi connectivity index (χ3n) is 8.02. The van der Waals surface area contributed by atoms with Crippen LogP contribution in [0.3, 0.4) is 0 Å². The predicted molar refractivity (Wildman–Crippen MR) is 165 cm³/mol. The monoisotopic (exact) mass is 576 g/mol. The van der Waals surface area contributed by atoms with Crippen LogP contribution in [-0.2, 0) is 32.0 Å². The number of rotatable bonds is 18. The molecule has 0 spiro atoms. The number of ether oxygens (including phenoxy) is 3. The number of unbranched alkanes of at least 4 members (excludes halogenated alkanes) is 7. The van der Waals surface area contributed by atoms with E-state index in [1.165, 1.54) is 49.3 Å². The standard InChI is InChI=1S/C36H48O6/c1-3-5-6-7-10-13-28-15-23-32(24-16-28)41-35(38)30-19-21-31(22-20-30)36(39)42-33-25-17-29(18-26-33)14-11-8-9-12-27-40-34(37)4-2/h4,15-18,23-26,30-31H,2-3,5-14,19-22,27H2,1H3. The molecule has 1 saturated carbocycles. The highest BCUT2D eigenvalue weighted by atomic mass is 16.5. The van der Waals surface area contributed by atoms with Crippen LogP contribution in [0.4, 0.5) is 0 Å². The summed E-state index contributed by atoms with van der Waals surface area (Å²) in [7, 11) is 0. The van der Waals surface area contributed by atoms with Crippen LogP contribution < -0.4 is 9.47 Å². The molecular formula is C36H48O6. The molecule has 0 aliphatic heterocycles. The van der Waals surface area contributed by atoms with E-state index in [4.69, 9.17) is 14.2 Å². The zero-order chi connectivity index (χ0) is 30.0. The van der Waals surface area contributed by atoms with Crippen molar-refractivity contribution in [3.8, 4) is 11.5 Å². The van der Waals surface area contributed by atoms with E-state index in [1.54, 1.807) is 0 Å². The summed E-state index contributed by atoms with van der Waals surface area (Å²) >= 11 is 0. The highest BCUT2D eigenvalue weighted by molar-refractivity contribution is 5.81. The van der Waals surface area contributed by atoms with Crippen molar-refractivity contribution >= 4 is 17.9 Å². The van der Waals surface area contributed by atoms with Gasteiger partial charge in [0.15, 0.2) is 0 Å². The van der Waals surface area contributed by atoms with Gasteiger partial charge in [-0.2, -0.15) is 0 Å². The average Bonchev–Trinajstić information content (AvgIpc) is 3.02. The van der Waals surface area contributed by atoms with Crippen molar-refractivity contribution in [2.24, 2.45) is 11.8 Å². The first kappa shape index (κ1) is 33.1. The Labute approximate surface area is 251 Å². The highest BCUT2D eigenvalue weighted by Gasteiger charge is 2.32. The lowest BCUT2D eigenvalue weighted by molar-refractivity contribution is -0.145. The number of carbonyl (C=O) groups excluding carboxylic acids is 3. The Morgan fingerprint density at radius 2 is 1.10 bits per heavy atom. The second kappa shape index (κ2) is 18.9. The molecule has 2 aromatic rings. The third kappa shape index (κ3) is 12.2. The molecule has 6 nitrogen and oxygen atoms in total. The summed E-state index contributed by atoms with van der Waals surface area (Å²) < 4.78 is 16.3. The van der Waals surface area contributed by atoms with E-state index in [9.17, 15) is 14.4 Å². The Morgan fingerprint density at radius 1 is 0.667 bits per heavy atom. The summed E-state index contributed by atoms with van der Waals surface area (Å²) in [5, 5.41) is 0. The Bertz CT molecular complexity index is 1100. The van der Waals surface area contributed by atoms with E-state index in [2.05, 4.69) is 25.6 Å². The number of benzene rings is 2. The average molecular weight is 577 g/mol. The van der Waals surface area contributed by atoms with Crippen molar-refractivity contribution in [3.05, 3.63) is 72.3 Å². The van der Waals surface area contributed by atoms with Gasteiger partial charge in [-0.05, 0) is 93.2 Å². The molecule has 0 heterocycles. The molecule has 228 valence electrons. The molecule has 0 atom stereocenters. The predicted octanol–water partition coefficient (Wildman–Crippen LogP) is 8.35. The largest absolute Gasteiger partial charge is 0.463 e. The fraction of sp³-hybridized carbons (Fsp3) is 0.528. The van der Waals surface area contributed by atoms with Gasteiger partial charge in [0.1, 0.15) is 11.5 Å². The van der Waals surface area contributed by atoms with E-state index in [0.717, 1.165) is 38.5 Å². The molecule has 42 heavy (non-hydrogen) atoms. The molecule has 0 bridgehead atoms. The van der Waals surface area contributed by atoms with Gasteiger partial charge in [-0.1, -0.05) is 76.3 Å². The summed E-state index contributed by atoms with van der Waals surface area (Å²) in [6.45, 7) is 6.04. The summed E-state index contributed by atoms with van der Waals surface area (Å²) in [4.78, 5) is 36.5. The van der Waals surface area contributed by atoms with Gasteiger partial charge in [0.2, 0.25) is 0 Å². The minimum Gasteiger partial charge on any atom is -0.463 e. The zero-order valence-electron chi connectivity index (χ0n) is 25.3. The van der Waals surface area contributed by atoms with Crippen LogP contribution >= 0.6 is 0 Å². The number of esters is 3. The maximum Gasteiger partial charge on any atom is 0.330 e. The summed E-state index contributed by atoms with van der Waals surface area (Å²) in [6, 6.07) is 15.6. The maximum atomic E-state index is 12.8. The smallest absolute Gasteiger partial charge is 0.330 e. The van der Waals surface area contributed by atoms with Gasteiger partial charge < -0.3 is 14.2 Å². The van der Waals surface area contributed by atoms with Crippen molar-refractivity contribution in [2.75, 3.05) is 6.61 Å². The molecule has 0 unspecified atom stereocenters. The van der Waals surface area contributed by atoms with Gasteiger partial charge in [-0.15, -0.1) is 0 Å². The van der Waals surface area contributed by atoms with Crippen LogP contribution in [-0.4, -0.2) is 24.5 Å². The fourth-order valence-corrected chi connectivity index (χ4v) is 5.36. The minimum atomic E-state index is -0.372. The zero-order valence-corrected chi connectivity index (χ0v) is 25.3. The second-order valence-corrected chi connectivity index (χ2v) is 11.4. The van der Waals surface area contributed by atoms with Crippen LogP contribution in [0.5, 0.6) is 11.5 Å². The Morgan fingerprint density at radius 3 is 1.52 bits per heavy atom. The van der Waals surface area contributed by atoms with Crippen molar-refractivity contribution in [3.63, 3.8) is 0 Å². The van der Waals surface area contributed by atoms with Crippen LogP contribution in [0, 0.1) is 11.8 Å². The highest BCUT2D eigenvalue weighted by Crippen LogP contribution is 2.31. The van der Waals surface area contributed by atoms with Gasteiger partial charge in [0.05, 0.1) is 18.4 Å². The molecule has 0 amide bonds. The Balaban J connectivity index is 1.30. The van der Waals surface area contributed by atoms with Crippen LogP contribution in [0.2, 0.25) is 0 Å². The van der Waals surface area contributed by atoms with Crippen molar-refractivity contribution < 1.29 is 28.6 Å². The lowest BCUT2D eigenvalue weighted by Gasteiger charge is -2.25. The SMILES string of the molecule is C=CC(=O)OCCCCCCc1ccc(OC(=O)C2CCC(C(=O)Oc3ccc(CCCCCCC)cc3)CC2)cc1. The lowest BCUT2D eigenvalue weighted by Crippen LogP contribution is -2.30. The molecule has 0 radical (unpaired) electrons. The van der Waals surface area contributed by atoms with Gasteiger partial charge >= 0.3 is 17.9 Å². The number of aryl methyl sites for hydroxylation is 2. The molecule has 1 fully saturated rings. The van der Waals surface area contributed by atoms with Crippen molar-refractivity contribution in [1.82, 2.24) is 0 Å². The topological polar surface area (TPSA) is 78.9 Å². The molecule has 1 aliphatic rings. The van der Waals surface area contributed by atoms with E-state index in [-0.39, 0.29) is 29.7 Å². The number of carbonyl (C=O) groups is 3. The molecular weight excluding hydrogens is 528 g/mol. The first-order valence-corrected chi connectivity index (χ1v) is 15.9. The second-order valence-electron chi connectivity index (χ2n) is 11.4. The molecule has 6 heteroatoms. The van der Waals surface area contributed by atoms with E-state index >= 15 is 0 Å². The Kier molecular flexibility index (Phi) is 14.9. The van der Waals surface area contributed by atoms with Gasteiger partial charge in [-0.3, -0.25) is 9.59 Å². The van der Waals surface area contributed by atoms with E-state index in [0.29, 0.717) is 43.8 Å². The quantitative estimate of drug-likeness (QED) is 0.0768. The maximum absolute atomic E-state index is 12.8. The molecule has 2 aromatic carbocycles. The van der Waals surface area contributed by atoms with Crippen molar-refractivity contribution in [1.29, 1.82) is 0 Å². The summed E-state index contributed by atoms with van der Waals surface area (Å²) in [5.74, 6) is -0.0450. The Hall–Kier alpha value is -3.41. The molecule has 0 aromatic heterocycles. The van der Waals surface area contributed by atoms with Gasteiger partial charge in [-0.25, -0.2) is 4.79 Å². The van der Waals surface area contributed by atoms with Crippen molar-refractivity contribution in [2.45, 2.75) is 103 Å². The lowest BCUT2D eigenvalue weighted by atomic mass is 9.82. The minimum absolute atomic E-state index is 0.186. The van der Waals surface area contributed by atoms with Gasteiger partial charge in [0, 0.05) is 6.08 Å². The van der Waals surface area contributed by atoms with Crippen LogP contribution in [0.1, 0.15) is 102 Å². The molecule has 0 saturated heterocycles. The molecule has 0 N–H and O–H groups in total. The summed E-state index contributed by atoms with van der Waals surface area (Å²) in [5.41, 5.74) is 2.47. The van der Waals surface area contributed by atoms with Crippen LogP contribution in [0.25, 0.3) is 0 Å². The molecule has 3 rings (SSSR count). The van der Waals surface area contributed by atoms with Crippen LogP contribution in [0.15, 0.2) is 61.2 Å². The fourth-order valence-electron chi connectivity index (χ4n) is 5.36. The number of hydrogen-bond donors (Lipinski definition) is 0. The first-order valence-electron chi connectivity index (χ1n) is 15.9. The first-order chi connectivity index (χ1) is 20.5. The number of hydrogen-bond acceptors (Lipinski definition) is 6. The van der Waals surface area contributed by atoms with E-state index < -0.39 is 0 Å².